The number of anilines is 1. The van der Waals surface area contributed by atoms with E-state index in [0.29, 0.717) is 10.7 Å². The number of amides is 1. The summed E-state index contributed by atoms with van der Waals surface area (Å²) in [5.41, 5.74) is 0.262. The first-order chi connectivity index (χ1) is 10.1. The fourth-order valence-electron chi connectivity index (χ4n) is 1.57. The number of nitriles is 1. The molecule has 0 radical (unpaired) electrons. The van der Waals surface area contributed by atoms with Crippen molar-refractivity contribution in [2.75, 3.05) is 31.6 Å². The number of carbonyl (C=O) groups excluding carboxylic acids is 1. The van der Waals surface area contributed by atoms with Crippen LogP contribution in [0.2, 0.25) is 5.02 Å². The molecule has 1 rings (SSSR count). The number of aliphatic hydroxyl groups is 2. The lowest BCUT2D eigenvalue weighted by Crippen LogP contribution is -2.26. The van der Waals surface area contributed by atoms with Gasteiger partial charge < -0.3 is 20.4 Å². The van der Waals surface area contributed by atoms with Gasteiger partial charge >= 0.3 is 0 Å². The number of hydrogen-bond acceptors (Lipinski definition) is 5. The first kappa shape index (κ1) is 17.0. The molecule has 0 bridgehead atoms. The Bertz CT molecular complexity index is 549. The average Bonchev–Trinajstić information content (AvgIpc) is 2.47. The molecule has 112 valence electrons. The lowest BCUT2D eigenvalue weighted by molar-refractivity contribution is -0.112. The Morgan fingerprint density at radius 3 is 2.48 bits per heavy atom. The van der Waals surface area contributed by atoms with Gasteiger partial charge in [0.1, 0.15) is 11.6 Å². The van der Waals surface area contributed by atoms with Gasteiger partial charge in [0.25, 0.3) is 5.91 Å². The average molecular weight is 310 g/mol. The van der Waals surface area contributed by atoms with Gasteiger partial charge in [0.05, 0.1) is 23.9 Å². The van der Waals surface area contributed by atoms with Crippen LogP contribution in [-0.4, -0.2) is 47.3 Å². The molecule has 0 aliphatic rings. The van der Waals surface area contributed by atoms with Crippen molar-refractivity contribution in [2.24, 2.45) is 0 Å². The molecule has 0 heterocycles. The number of nitrogens with zero attached hydrogens (tertiary/aromatic N) is 2. The van der Waals surface area contributed by atoms with Crippen molar-refractivity contribution >= 4 is 23.2 Å². The molecule has 0 saturated carbocycles. The molecule has 0 fully saturated rings. The van der Waals surface area contributed by atoms with E-state index in [2.05, 4.69) is 5.32 Å². The standard InChI is InChI=1S/C14H16ClN3O3/c15-12-3-1-2-4-13(12)17-14(21)11(9-16)10-18(5-7-19)6-8-20/h1-4,10,19-20H,5-8H2,(H,17,21)/b11-10-. The van der Waals surface area contributed by atoms with Crippen molar-refractivity contribution in [3.05, 3.63) is 41.1 Å². The fraction of sp³-hybridized carbons (Fsp3) is 0.286. The Balaban J connectivity index is 2.86. The van der Waals surface area contributed by atoms with Crippen LogP contribution in [0.4, 0.5) is 5.69 Å². The van der Waals surface area contributed by atoms with E-state index in [1.165, 1.54) is 11.1 Å². The summed E-state index contributed by atoms with van der Waals surface area (Å²) < 4.78 is 0. The number of rotatable bonds is 7. The van der Waals surface area contributed by atoms with E-state index in [1.54, 1.807) is 30.3 Å². The minimum Gasteiger partial charge on any atom is -0.395 e. The monoisotopic (exact) mass is 309 g/mol. The molecule has 0 aromatic heterocycles. The lowest BCUT2D eigenvalue weighted by atomic mass is 10.2. The topological polar surface area (TPSA) is 96.6 Å². The van der Waals surface area contributed by atoms with Crippen molar-refractivity contribution < 1.29 is 15.0 Å². The minimum absolute atomic E-state index is 0.142. The number of para-hydroxylation sites is 1. The normalized spacial score (nSPS) is 10.9. The SMILES string of the molecule is N#C/C(=C/N(CCO)CCO)C(=O)Nc1ccccc1Cl. The third kappa shape index (κ3) is 5.44. The van der Waals surface area contributed by atoms with Crippen LogP contribution in [-0.2, 0) is 4.79 Å². The van der Waals surface area contributed by atoms with Gasteiger partial charge in [-0.1, -0.05) is 23.7 Å². The van der Waals surface area contributed by atoms with Crippen molar-refractivity contribution in [3.63, 3.8) is 0 Å². The molecular weight excluding hydrogens is 294 g/mol. The van der Waals surface area contributed by atoms with E-state index < -0.39 is 5.91 Å². The van der Waals surface area contributed by atoms with Gasteiger partial charge in [0.15, 0.2) is 0 Å². The van der Waals surface area contributed by atoms with E-state index in [9.17, 15) is 4.79 Å². The van der Waals surface area contributed by atoms with Crippen molar-refractivity contribution in [1.82, 2.24) is 4.90 Å². The number of carbonyl (C=O) groups is 1. The third-order valence-corrected chi connectivity index (χ3v) is 2.90. The van der Waals surface area contributed by atoms with Crippen LogP contribution < -0.4 is 5.32 Å². The molecule has 0 unspecified atom stereocenters. The molecule has 1 aromatic carbocycles. The molecule has 1 amide bonds. The van der Waals surface area contributed by atoms with Crippen molar-refractivity contribution in [1.29, 1.82) is 5.26 Å². The molecular formula is C14H16ClN3O3. The number of benzene rings is 1. The molecule has 21 heavy (non-hydrogen) atoms. The maximum Gasteiger partial charge on any atom is 0.267 e. The maximum absolute atomic E-state index is 12.0. The van der Waals surface area contributed by atoms with Crippen LogP contribution in [0.25, 0.3) is 0 Å². The number of hydrogen-bond donors (Lipinski definition) is 3. The Morgan fingerprint density at radius 1 is 1.33 bits per heavy atom. The molecule has 0 atom stereocenters. The van der Waals surface area contributed by atoms with Gasteiger partial charge in [-0.15, -0.1) is 0 Å². The Kier molecular flexibility index (Phi) is 7.26. The molecule has 7 heteroatoms. The first-order valence-electron chi connectivity index (χ1n) is 6.26. The second-order valence-corrected chi connectivity index (χ2v) is 4.48. The van der Waals surface area contributed by atoms with Crippen LogP contribution in [0.1, 0.15) is 0 Å². The number of aliphatic hydroxyl groups excluding tert-OH is 2. The quantitative estimate of drug-likeness (QED) is 0.515. The highest BCUT2D eigenvalue weighted by Gasteiger charge is 2.12. The van der Waals surface area contributed by atoms with Crippen LogP contribution in [0.15, 0.2) is 36.0 Å². The molecule has 0 saturated heterocycles. The summed E-state index contributed by atoms with van der Waals surface area (Å²) in [6.07, 6.45) is 1.30. The molecule has 3 N–H and O–H groups in total. The van der Waals surface area contributed by atoms with Crippen LogP contribution in [0, 0.1) is 11.3 Å². The van der Waals surface area contributed by atoms with Gasteiger partial charge in [-0.2, -0.15) is 5.26 Å². The second kappa shape index (κ2) is 8.97. The molecule has 1 aromatic rings. The van der Waals surface area contributed by atoms with E-state index >= 15 is 0 Å². The zero-order valence-corrected chi connectivity index (χ0v) is 12.0. The molecule has 0 aliphatic carbocycles. The Hall–Kier alpha value is -2.07. The highest BCUT2D eigenvalue weighted by molar-refractivity contribution is 6.33. The molecule has 0 aliphatic heterocycles. The molecule has 6 nitrogen and oxygen atoms in total. The van der Waals surface area contributed by atoms with Crippen LogP contribution >= 0.6 is 11.6 Å². The summed E-state index contributed by atoms with van der Waals surface area (Å²) in [7, 11) is 0. The first-order valence-corrected chi connectivity index (χ1v) is 6.63. The summed E-state index contributed by atoms with van der Waals surface area (Å²) in [6, 6.07) is 8.47. The fourth-order valence-corrected chi connectivity index (χ4v) is 1.75. The third-order valence-electron chi connectivity index (χ3n) is 2.57. The number of nitrogens with one attached hydrogen (secondary N) is 1. The summed E-state index contributed by atoms with van der Waals surface area (Å²) in [6.45, 7) is 0.124. The van der Waals surface area contributed by atoms with Gasteiger partial charge in [-0.05, 0) is 12.1 Å². The Morgan fingerprint density at radius 2 is 1.95 bits per heavy atom. The van der Waals surface area contributed by atoms with Gasteiger partial charge in [-0.25, -0.2) is 0 Å². The largest absolute Gasteiger partial charge is 0.395 e. The summed E-state index contributed by atoms with van der Waals surface area (Å²) >= 11 is 5.93. The van der Waals surface area contributed by atoms with Crippen LogP contribution in [0.3, 0.4) is 0 Å². The predicted molar refractivity (Wildman–Crippen MR) is 79.5 cm³/mol. The van der Waals surface area contributed by atoms with E-state index in [-0.39, 0.29) is 31.9 Å². The van der Waals surface area contributed by atoms with E-state index in [0.717, 1.165) is 0 Å². The highest BCUT2D eigenvalue weighted by atomic mass is 35.5. The Labute approximate surface area is 127 Å². The lowest BCUT2D eigenvalue weighted by Gasteiger charge is -2.18. The van der Waals surface area contributed by atoms with Crippen molar-refractivity contribution in [2.45, 2.75) is 0 Å². The minimum atomic E-state index is -0.605. The predicted octanol–water partition coefficient (Wildman–Crippen LogP) is 0.973. The van der Waals surface area contributed by atoms with Crippen LogP contribution in [0.5, 0.6) is 0 Å². The number of halogens is 1. The van der Waals surface area contributed by atoms with Gasteiger partial charge in [0.2, 0.25) is 0 Å². The highest BCUT2D eigenvalue weighted by Crippen LogP contribution is 2.20. The van der Waals surface area contributed by atoms with E-state index in [4.69, 9.17) is 27.1 Å². The summed E-state index contributed by atoms with van der Waals surface area (Å²) in [4.78, 5) is 13.5. The van der Waals surface area contributed by atoms with Crippen molar-refractivity contribution in [3.8, 4) is 6.07 Å². The smallest absolute Gasteiger partial charge is 0.267 e. The second-order valence-electron chi connectivity index (χ2n) is 4.07. The maximum atomic E-state index is 12.0. The molecule has 0 spiro atoms. The zero-order chi connectivity index (χ0) is 15.7. The summed E-state index contributed by atoms with van der Waals surface area (Å²) in [5.74, 6) is -0.605. The van der Waals surface area contributed by atoms with Gasteiger partial charge in [0, 0.05) is 19.3 Å². The summed E-state index contributed by atoms with van der Waals surface area (Å²) in [5, 5.41) is 29.8. The van der Waals surface area contributed by atoms with E-state index in [1.807, 2.05) is 0 Å². The van der Waals surface area contributed by atoms with Gasteiger partial charge in [-0.3, -0.25) is 4.79 Å². The zero-order valence-electron chi connectivity index (χ0n) is 11.3.